The average molecular weight is 267 g/mol. The van der Waals surface area contributed by atoms with Gasteiger partial charge in [-0.15, -0.1) is 0 Å². The third kappa shape index (κ3) is 6.22. The SMILES string of the molecule is CCCCCCCCCCCC1=NC(C)(C)C(=O)O1. The number of carbonyl (C=O) groups excluding carboxylic acids is 1. The molecule has 0 radical (unpaired) electrons. The topological polar surface area (TPSA) is 38.7 Å². The van der Waals surface area contributed by atoms with E-state index in [1.54, 1.807) is 13.8 Å². The summed E-state index contributed by atoms with van der Waals surface area (Å²) in [5, 5.41) is 0. The predicted octanol–water partition coefficient (Wildman–Crippen LogP) is 4.64. The first-order valence-corrected chi connectivity index (χ1v) is 7.87. The van der Waals surface area contributed by atoms with Gasteiger partial charge >= 0.3 is 5.97 Å². The van der Waals surface area contributed by atoms with Crippen LogP contribution in [0.25, 0.3) is 0 Å². The fraction of sp³-hybridized carbons (Fsp3) is 0.875. The Balaban J connectivity index is 1.96. The third-order valence-corrected chi connectivity index (χ3v) is 3.61. The number of aliphatic imine (C=N–C) groups is 1. The summed E-state index contributed by atoms with van der Waals surface area (Å²) in [6.45, 7) is 5.86. The minimum absolute atomic E-state index is 0.210. The molecule has 0 spiro atoms. The Hall–Kier alpha value is -0.860. The van der Waals surface area contributed by atoms with Crippen LogP contribution in [0.1, 0.15) is 85.0 Å². The molecule has 0 aromatic heterocycles. The second-order valence-electron chi connectivity index (χ2n) is 6.03. The maximum Gasteiger partial charge on any atom is 0.340 e. The smallest absolute Gasteiger partial charge is 0.340 e. The second kappa shape index (κ2) is 8.34. The van der Waals surface area contributed by atoms with E-state index in [1.807, 2.05) is 0 Å². The van der Waals surface area contributed by atoms with Crippen molar-refractivity contribution in [3.05, 3.63) is 0 Å². The summed E-state index contributed by atoms with van der Waals surface area (Å²) >= 11 is 0. The molecule has 3 nitrogen and oxygen atoms in total. The van der Waals surface area contributed by atoms with Gasteiger partial charge in [-0.05, 0) is 20.3 Å². The number of esters is 1. The third-order valence-electron chi connectivity index (χ3n) is 3.61. The van der Waals surface area contributed by atoms with Gasteiger partial charge in [-0.3, -0.25) is 0 Å². The van der Waals surface area contributed by atoms with Crippen molar-refractivity contribution >= 4 is 11.9 Å². The van der Waals surface area contributed by atoms with E-state index < -0.39 is 5.54 Å². The molecule has 19 heavy (non-hydrogen) atoms. The molecule has 0 bridgehead atoms. The number of unbranched alkanes of at least 4 members (excludes halogenated alkanes) is 8. The largest absolute Gasteiger partial charge is 0.410 e. The highest BCUT2D eigenvalue weighted by molar-refractivity contribution is 5.99. The van der Waals surface area contributed by atoms with Crippen LogP contribution in [0.2, 0.25) is 0 Å². The molecule has 0 amide bonds. The molecule has 0 atom stereocenters. The normalized spacial score (nSPS) is 17.4. The summed E-state index contributed by atoms with van der Waals surface area (Å²) in [5.74, 6) is 0.427. The maximum absolute atomic E-state index is 11.4. The summed E-state index contributed by atoms with van der Waals surface area (Å²) in [4.78, 5) is 15.7. The van der Waals surface area contributed by atoms with Crippen molar-refractivity contribution in [3.8, 4) is 0 Å². The lowest BCUT2D eigenvalue weighted by molar-refractivity contribution is -0.138. The van der Waals surface area contributed by atoms with Gasteiger partial charge in [0.2, 0.25) is 0 Å². The van der Waals surface area contributed by atoms with Crippen LogP contribution in [0.4, 0.5) is 0 Å². The first kappa shape index (κ1) is 16.2. The summed E-state index contributed by atoms with van der Waals surface area (Å²) in [6, 6.07) is 0. The zero-order chi connectivity index (χ0) is 14.1. The van der Waals surface area contributed by atoms with E-state index in [2.05, 4.69) is 11.9 Å². The predicted molar refractivity (Wildman–Crippen MR) is 79.5 cm³/mol. The van der Waals surface area contributed by atoms with Crippen LogP contribution in [-0.4, -0.2) is 17.4 Å². The molecule has 0 fully saturated rings. The Morgan fingerprint density at radius 2 is 1.47 bits per heavy atom. The van der Waals surface area contributed by atoms with E-state index in [9.17, 15) is 4.79 Å². The minimum Gasteiger partial charge on any atom is -0.410 e. The van der Waals surface area contributed by atoms with Gasteiger partial charge in [0, 0.05) is 6.42 Å². The lowest BCUT2D eigenvalue weighted by Crippen LogP contribution is -2.25. The lowest BCUT2D eigenvalue weighted by atomic mass is 10.1. The van der Waals surface area contributed by atoms with Gasteiger partial charge < -0.3 is 4.74 Å². The average Bonchev–Trinajstić information content (AvgIpc) is 2.61. The fourth-order valence-electron chi connectivity index (χ4n) is 2.31. The van der Waals surface area contributed by atoms with Crippen LogP contribution in [0.5, 0.6) is 0 Å². The van der Waals surface area contributed by atoms with Crippen molar-refractivity contribution in [1.82, 2.24) is 0 Å². The van der Waals surface area contributed by atoms with Crippen LogP contribution < -0.4 is 0 Å². The van der Waals surface area contributed by atoms with Crippen LogP contribution in [0.15, 0.2) is 4.99 Å². The Morgan fingerprint density at radius 3 is 1.95 bits per heavy atom. The first-order valence-electron chi connectivity index (χ1n) is 7.87. The standard InChI is InChI=1S/C16H29NO2/c1-4-5-6-7-8-9-10-11-12-13-14-17-16(2,3)15(18)19-14/h4-13H2,1-3H3. The number of nitrogens with zero attached hydrogens (tertiary/aromatic N) is 1. The van der Waals surface area contributed by atoms with Gasteiger partial charge in [0.05, 0.1) is 0 Å². The van der Waals surface area contributed by atoms with Crippen molar-refractivity contribution in [2.24, 2.45) is 4.99 Å². The molecule has 0 saturated heterocycles. The quantitative estimate of drug-likeness (QED) is 0.427. The van der Waals surface area contributed by atoms with E-state index in [0.29, 0.717) is 5.90 Å². The van der Waals surface area contributed by atoms with Crippen molar-refractivity contribution < 1.29 is 9.53 Å². The van der Waals surface area contributed by atoms with E-state index in [1.165, 1.54) is 51.4 Å². The molecule has 0 aromatic carbocycles. The number of hydrogen-bond donors (Lipinski definition) is 0. The molecule has 1 rings (SSSR count). The Bertz CT molecular complexity index is 308. The molecule has 3 heteroatoms. The molecule has 1 heterocycles. The molecular weight excluding hydrogens is 238 g/mol. The van der Waals surface area contributed by atoms with Gasteiger partial charge in [-0.25, -0.2) is 9.79 Å². The highest BCUT2D eigenvalue weighted by atomic mass is 16.6. The first-order chi connectivity index (χ1) is 9.06. The van der Waals surface area contributed by atoms with E-state index >= 15 is 0 Å². The van der Waals surface area contributed by atoms with Crippen LogP contribution in [-0.2, 0) is 9.53 Å². The number of ether oxygens (including phenoxy) is 1. The van der Waals surface area contributed by atoms with Gasteiger partial charge in [-0.2, -0.15) is 0 Å². The summed E-state index contributed by atoms with van der Waals surface area (Å²) < 4.78 is 5.16. The van der Waals surface area contributed by atoms with Crippen LogP contribution in [0, 0.1) is 0 Å². The zero-order valence-electron chi connectivity index (χ0n) is 12.8. The highest BCUT2D eigenvalue weighted by Crippen LogP contribution is 2.21. The monoisotopic (exact) mass is 267 g/mol. The number of carbonyl (C=O) groups is 1. The molecular formula is C16H29NO2. The Kier molecular flexibility index (Phi) is 7.11. The Labute approximate surface area is 117 Å². The van der Waals surface area contributed by atoms with Crippen molar-refractivity contribution in [2.45, 2.75) is 90.5 Å². The minimum atomic E-state index is -0.658. The van der Waals surface area contributed by atoms with Crippen molar-refractivity contribution in [2.75, 3.05) is 0 Å². The zero-order valence-corrected chi connectivity index (χ0v) is 12.8. The van der Waals surface area contributed by atoms with Gasteiger partial charge in [0.1, 0.15) is 0 Å². The van der Waals surface area contributed by atoms with Crippen molar-refractivity contribution in [3.63, 3.8) is 0 Å². The number of cyclic esters (lactones) is 1. The fourth-order valence-corrected chi connectivity index (χ4v) is 2.31. The molecule has 1 aliphatic rings. The van der Waals surface area contributed by atoms with Crippen LogP contribution in [0.3, 0.4) is 0 Å². The molecule has 110 valence electrons. The summed E-state index contributed by atoms with van der Waals surface area (Å²) in [5.41, 5.74) is -0.658. The maximum atomic E-state index is 11.4. The molecule has 0 aliphatic carbocycles. The number of hydrogen-bond acceptors (Lipinski definition) is 3. The van der Waals surface area contributed by atoms with E-state index in [4.69, 9.17) is 4.74 Å². The molecule has 1 aliphatic heterocycles. The lowest BCUT2D eigenvalue weighted by Gasteiger charge is -2.05. The molecule has 0 saturated carbocycles. The molecule has 0 aromatic rings. The number of rotatable bonds is 10. The Morgan fingerprint density at radius 1 is 0.947 bits per heavy atom. The molecule has 0 N–H and O–H groups in total. The van der Waals surface area contributed by atoms with Crippen molar-refractivity contribution in [1.29, 1.82) is 0 Å². The van der Waals surface area contributed by atoms with Gasteiger partial charge in [0.25, 0.3) is 0 Å². The van der Waals surface area contributed by atoms with E-state index in [0.717, 1.165) is 12.8 Å². The summed E-state index contributed by atoms with van der Waals surface area (Å²) in [6.07, 6.45) is 12.6. The van der Waals surface area contributed by atoms with Crippen LogP contribution >= 0.6 is 0 Å². The van der Waals surface area contributed by atoms with Gasteiger partial charge in [-0.1, -0.05) is 58.3 Å². The van der Waals surface area contributed by atoms with Gasteiger partial charge in [0.15, 0.2) is 11.4 Å². The van der Waals surface area contributed by atoms with E-state index in [-0.39, 0.29) is 5.97 Å². The second-order valence-corrected chi connectivity index (χ2v) is 6.03. The summed E-state index contributed by atoms with van der Waals surface area (Å²) in [7, 11) is 0. The molecule has 0 unspecified atom stereocenters. The highest BCUT2D eigenvalue weighted by Gasteiger charge is 2.36.